The first-order valence-corrected chi connectivity index (χ1v) is 18.7. The minimum Gasteiger partial charge on any atom is -0.451 e. The van der Waals surface area contributed by atoms with Crippen molar-refractivity contribution in [3.63, 3.8) is 0 Å². The summed E-state index contributed by atoms with van der Waals surface area (Å²) >= 11 is 0. The van der Waals surface area contributed by atoms with Crippen molar-refractivity contribution in [2.45, 2.75) is 64.7 Å². The van der Waals surface area contributed by atoms with Crippen LogP contribution in [0, 0.1) is 0 Å². The Kier molecular flexibility index (Phi) is 11.5. The summed E-state index contributed by atoms with van der Waals surface area (Å²) in [6.07, 6.45) is -7.07. The van der Waals surface area contributed by atoms with E-state index in [1.54, 1.807) is 36.4 Å². The number of hydrogen-bond acceptors (Lipinski definition) is 14. The van der Waals surface area contributed by atoms with Gasteiger partial charge in [0, 0.05) is 73.1 Å². The Labute approximate surface area is 322 Å². The summed E-state index contributed by atoms with van der Waals surface area (Å²) < 4.78 is 47.3. The molecule has 14 nitrogen and oxygen atoms in total. The first-order valence-electron chi connectivity index (χ1n) is 18.7. The SMILES string of the molecule is CCN(CC)c1ccc2cc(C(=O)O[C@@H]3[C@@H](OC(=O)c4cc5ccc(N(CC)CC)cc5oc4=O)[C@@H](OC)O[C@@H]4COC(c5ccccc5)O[C@@H]34)c(=O)oc2c1. The highest BCUT2D eigenvalue weighted by Crippen LogP contribution is 2.37. The van der Waals surface area contributed by atoms with E-state index in [9.17, 15) is 19.2 Å². The van der Waals surface area contributed by atoms with Gasteiger partial charge >= 0.3 is 23.2 Å². The zero-order chi connectivity index (χ0) is 39.5. The summed E-state index contributed by atoms with van der Waals surface area (Å²) in [7, 11) is 1.32. The molecule has 14 heteroatoms. The van der Waals surface area contributed by atoms with E-state index in [1.165, 1.54) is 19.2 Å². The van der Waals surface area contributed by atoms with Crippen molar-refractivity contribution in [1.82, 2.24) is 0 Å². The average molecular weight is 769 g/mol. The van der Waals surface area contributed by atoms with Gasteiger partial charge in [0.1, 0.15) is 34.5 Å². The molecular formula is C42H44N2O12. The first-order chi connectivity index (χ1) is 27.2. The third-order valence-corrected chi connectivity index (χ3v) is 10.2. The van der Waals surface area contributed by atoms with Crippen LogP contribution in [0.5, 0.6) is 0 Å². The second-order valence-electron chi connectivity index (χ2n) is 13.4. The van der Waals surface area contributed by atoms with Gasteiger partial charge < -0.3 is 47.1 Å². The molecule has 2 fully saturated rings. The number of carbonyl (C=O) groups excluding carboxylic acids is 2. The summed E-state index contributed by atoms with van der Waals surface area (Å²) in [5, 5.41) is 0.984. The number of methoxy groups -OCH3 is 1. The van der Waals surface area contributed by atoms with Crippen LogP contribution in [-0.2, 0) is 28.4 Å². The predicted molar refractivity (Wildman–Crippen MR) is 206 cm³/mol. The second-order valence-corrected chi connectivity index (χ2v) is 13.4. The van der Waals surface area contributed by atoms with Crippen molar-refractivity contribution < 1.29 is 46.8 Å². The van der Waals surface area contributed by atoms with Crippen LogP contribution in [0.25, 0.3) is 21.9 Å². The third-order valence-electron chi connectivity index (χ3n) is 10.2. The highest BCUT2D eigenvalue weighted by atomic mass is 16.8. The van der Waals surface area contributed by atoms with E-state index >= 15 is 0 Å². The lowest BCUT2D eigenvalue weighted by atomic mass is 9.97. The predicted octanol–water partition coefficient (Wildman–Crippen LogP) is 5.83. The maximum absolute atomic E-state index is 14.0. The van der Waals surface area contributed by atoms with Crippen LogP contribution in [0.2, 0.25) is 0 Å². The van der Waals surface area contributed by atoms with Crippen LogP contribution < -0.4 is 21.1 Å². The van der Waals surface area contributed by atoms with Crippen LogP contribution in [0.15, 0.2) is 97.3 Å². The van der Waals surface area contributed by atoms with Crippen LogP contribution >= 0.6 is 0 Å². The fourth-order valence-corrected chi connectivity index (χ4v) is 7.20. The van der Waals surface area contributed by atoms with Crippen molar-refractivity contribution in [2.24, 2.45) is 0 Å². The second kappa shape index (κ2) is 16.7. The standard InChI is InChI=1S/C42H44N2O12/c1-6-43(7-2)27-17-15-25-19-29(37(45)51-31(25)21-27)39(47)54-35-34-33(23-50-41(56-34)24-13-11-10-12-14-24)53-42(49-5)36(35)55-40(48)30-20-26-16-18-28(44(8-3)9-4)22-32(26)52-38(30)46/h10-22,33-36,41-42H,6-9,23H2,1-5H3/t33-,34-,35+,36-,41?,42+/m1/s1. The number of ether oxygens (including phenoxy) is 6. The minimum absolute atomic E-state index is 0.00443. The first kappa shape index (κ1) is 38.7. The van der Waals surface area contributed by atoms with E-state index in [-0.39, 0.29) is 12.2 Å². The lowest BCUT2D eigenvalue weighted by Crippen LogP contribution is -2.64. The van der Waals surface area contributed by atoms with Crippen molar-refractivity contribution in [2.75, 3.05) is 49.7 Å². The van der Waals surface area contributed by atoms with Gasteiger partial charge in [0.2, 0.25) is 0 Å². The van der Waals surface area contributed by atoms with Crippen molar-refractivity contribution in [3.05, 3.63) is 116 Å². The van der Waals surface area contributed by atoms with Gasteiger partial charge in [-0.25, -0.2) is 19.2 Å². The topological polar surface area (TPSA) is 156 Å². The van der Waals surface area contributed by atoms with Gasteiger partial charge in [0.05, 0.1) is 6.61 Å². The van der Waals surface area contributed by atoms with E-state index in [2.05, 4.69) is 9.80 Å². The van der Waals surface area contributed by atoms with Crippen LogP contribution in [0.1, 0.15) is 60.3 Å². The Morgan fingerprint density at radius 2 is 1.20 bits per heavy atom. The third kappa shape index (κ3) is 7.65. The van der Waals surface area contributed by atoms with Gasteiger partial charge in [-0.15, -0.1) is 0 Å². The largest absolute Gasteiger partial charge is 0.451 e. The number of hydrogen-bond donors (Lipinski definition) is 0. The molecule has 3 aromatic carbocycles. The Hall–Kier alpha value is -5.54. The van der Waals surface area contributed by atoms with Crippen LogP contribution in [0.4, 0.5) is 11.4 Å². The number of nitrogens with zero attached hydrogens (tertiary/aromatic N) is 2. The molecule has 0 bridgehead atoms. The van der Waals surface area contributed by atoms with E-state index < -0.39 is 65.7 Å². The lowest BCUT2D eigenvalue weighted by Gasteiger charge is -2.47. The number of rotatable bonds is 12. The van der Waals surface area contributed by atoms with Crippen molar-refractivity contribution in [3.8, 4) is 0 Å². The maximum Gasteiger partial charge on any atom is 0.351 e. The fraction of sp³-hybridized carbons (Fsp3) is 0.381. The van der Waals surface area contributed by atoms with Gasteiger partial charge in [0.15, 0.2) is 24.8 Å². The summed E-state index contributed by atoms with van der Waals surface area (Å²) in [6.45, 7) is 11.1. The van der Waals surface area contributed by atoms with Crippen molar-refractivity contribution in [1.29, 1.82) is 0 Å². The molecule has 294 valence electrons. The van der Waals surface area contributed by atoms with Gasteiger partial charge in [-0.3, -0.25) is 0 Å². The summed E-state index contributed by atoms with van der Waals surface area (Å²) in [6, 6.07) is 22.6. The molecule has 7 rings (SSSR count). The monoisotopic (exact) mass is 768 g/mol. The molecule has 4 heterocycles. The molecule has 2 aliphatic heterocycles. The highest BCUT2D eigenvalue weighted by Gasteiger charge is 2.54. The molecule has 56 heavy (non-hydrogen) atoms. The Balaban J connectivity index is 1.23. The summed E-state index contributed by atoms with van der Waals surface area (Å²) in [5.41, 5.74) is 0.346. The number of benzene rings is 3. The van der Waals surface area contributed by atoms with Gasteiger partial charge in [-0.05, 0) is 64.1 Å². The number of fused-ring (bicyclic) bond motifs is 3. The molecule has 6 atom stereocenters. The fourth-order valence-electron chi connectivity index (χ4n) is 7.20. The molecule has 2 saturated heterocycles. The maximum atomic E-state index is 14.0. The number of esters is 2. The summed E-state index contributed by atoms with van der Waals surface area (Å²) in [5.74, 6) is -2.14. The molecular weight excluding hydrogens is 724 g/mol. The Morgan fingerprint density at radius 1 is 0.679 bits per heavy atom. The molecule has 2 aliphatic rings. The van der Waals surface area contributed by atoms with Crippen molar-refractivity contribution >= 4 is 45.3 Å². The number of anilines is 2. The van der Waals surface area contributed by atoms with Crippen LogP contribution in [-0.4, -0.2) is 82.5 Å². The molecule has 0 N–H and O–H groups in total. The van der Waals surface area contributed by atoms with Gasteiger partial charge in [0.25, 0.3) is 0 Å². The quantitative estimate of drug-likeness (QED) is 0.110. The Morgan fingerprint density at radius 3 is 1.70 bits per heavy atom. The molecule has 0 amide bonds. The van der Waals surface area contributed by atoms with E-state index in [4.69, 9.17) is 37.3 Å². The molecule has 0 aliphatic carbocycles. The lowest BCUT2D eigenvalue weighted by molar-refractivity contribution is -0.356. The minimum atomic E-state index is -1.49. The molecule has 0 spiro atoms. The zero-order valence-corrected chi connectivity index (χ0v) is 31.8. The highest BCUT2D eigenvalue weighted by molar-refractivity contribution is 5.95. The molecule has 0 radical (unpaired) electrons. The molecule has 2 aromatic heterocycles. The Bertz CT molecular complexity index is 2320. The number of carbonyl (C=O) groups is 2. The summed E-state index contributed by atoms with van der Waals surface area (Å²) in [4.78, 5) is 58.7. The van der Waals surface area contributed by atoms with E-state index in [1.807, 2.05) is 58.0 Å². The van der Waals surface area contributed by atoms with Crippen LogP contribution in [0.3, 0.4) is 0 Å². The van der Waals surface area contributed by atoms with E-state index in [0.717, 1.165) is 37.6 Å². The molecule has 1 unspecified atom stereocenters. The molecule has 0 saturated carbocycles. The zero-order valence-electron chi connectivity index (χ0n) is 31.8. The average Bonchev–Trinajstić information content (AvgIpc) is 3.21. The molecule has 5 aromatic rings. The normalized spacial score (nSPS) is 22.0. The van der Waals surface area contributed by atoms with E-state index in [0.29, 0.717) is 27.5 Å². The smallest absolute Gasteiger partial charge is 0.351 e. The van der Waals surface area contributed by atoms with Gasteiger partial charge in [-0.1, -0.05) is 30.3 Å². The van der Waals surface area contributed by atoms with Gasteiger partial charge in [-0.2, -0.15) is 0 Å².